The first-order valence-corrected chi connectivity index (χ1v) is 5.99. The molecule has 0 saturated carbocycles. The molecule has 1 N–H and O–H groups in total. The molecule has 0 aliphatic carbocycles. The molecule has 6 heteroatoms. The van der Waals surface area contributed by atoms with E-state index in [4.69, 9.17) is 4.74 Å². The van der Waals surface area contributed by atoms with Crippen LogP contribution in [0.25, 0.3) is 0 Å². The Labute approximate surface area is 107 Å². The predicted octanol–water partition coefficient (Wildman–Crippen LogP) is 1.02. The van der Waals surface area contributed by atoms with Gasteiger partial charge in [-0.15, -0.1) is 0 Å². The molecule has 1 aromatic heterocycles. The maximum atomic E-state index is 11.9. The standard InChI is InChI=1S/C12H20N4O2/c1-4-5-13-11-9-14-10(8-15-11)12(17)16(2)6-7-18-3/h8-9H,4-7H2,1-3H3,(H,13,15). The maximum absolute atomic E-state index is 11.9. The quantitative estimate of drug-likeness (QED) is 0.784. The Bertz CT molecular complexity index is 367. The zero-order chi connectivity index (χ0) is 13.4. The van der Waals surface area contributed by atoms with Crippen LogP contribution >= 0.6 is 0 Å². The van der Waals surface area contributed by atoms with Gasteiger partial charge in [0.1, 0.15) is 11.5 Å². The zero-order valence-electron chi connectivity index (χ0n) is 11.1. The Balaban J connectivity index is 2.58. The molecule has 0 aromatic carbocycles. The second-order valence-corrected chi connectivity index (χ2v) is 3.93. The monoisotopic (exact) mass is 252 g/mol. The third-order valence-corrected chi connectivity index (χ3v) is 2.40. The first kappa shape index (κ1) is 14.4. The van der Waals surface area contributed by atoms with Crippen LogP contribution in [0, 0.1) is 0 Å². The van der Waals surface area contributed by atoms with Gasteiger partial charge in [0.15, 0.2) is 0 Å². The SMILES string of the molecule is CCCNc1cnc(C(=O)N(C)CCOC)cn1. The molecule has 1 amide bonds. The van der Waals surface area contributed by atoms with E-state index in [9.17, 15) is 4.79 Å². The largest absolute Gasteiger partial charge is 0.383 e. The Morgan fingerprint density at radius 2 is 2.22 bits per heavy atom. The van der Waals surface area contributed by atoms with Crippen molar-refractivity contribution in [2.24, 2.45) is 0 Å². The summed E-state index contributed by atoms with van der Waals surface area (Å²) in [6.45, 7) is 3.96. The summed E-state index contributed by atoms with van der Waals surface area (Å²) in [4.78, 5) is 21.7. The minimum Gasteiger partial charge on any atom is -0.383 e. The molecule has 0 spiro atoms. The fourth-order valence-corrected chi connectivity index (χ4v) is 1.31. The number of aromatic nitrogens is 2. The Morgan fingerprint density at radius 3 is 2.78 bits per heavy atom. The van der Waals surface area contributed by atoms with Crippen molar-refractivity contribution in [1.82, 2.24) is 14.9 Å². The van der Waals surface area contributed by atoms with Crippen LogP contribution in [0.4, 0.5) is 5.82 Å². The number of rotatable bonds is 7. The summed E-state index contributed by atoms with van der Waals surface area (Å²) in [5.74, 6) is 0.537. The van der Waals surface area contributed by atoms with E-state index in [0.717, 1.165) is 13.0 Å². The Kier molecular flexibility index (Phi) is 6.07. The lowest BCUT2D eigenvalue weighted by Crippen LogP contribution is -2.30. The van der Waals surface area contributed by atoms with Gasteiger partial charge >= 0.3 is 0 Å². The van der Waals surface area contributed by atoms with Crippen molar-refractivity contribution in [3.63, 3.8) is 0 Å². The first-order chi connectivity index (χ1) is 8.69. The average molecular weight is 252 g/mol. The van der Waals surface area contributed by atoms with Gasteiger partial charge in [0.25, 0.3) is 5.91 Å². The van der Waals surface area contributed by atoms with Gasteiger partial charge in [0, 0.05) is 27.2 Å². The molecule has 1 aromatic rings. The van der Waals surface area contributed by atoms with Crippen molar-refractivity contribution in [3.8, 4) is 0 Å². The third kappa shape index (κ3) is 4.29. The molecule has 6 nitrogen and oxygen atoms in total. The molecule has 1 rings (SSSR count). The summed E-state index contributed by atoms with van der Waals surface area (Å²) in [5.41, 5.74) is 0.343. The summed E-state index contributed by atoms with van der Waals surface area (Å²) in [5, 5.41) is 3.11. The van der Waals surface area contributed by atoms with Gasteiger partial charge in [-0.3, -0.25) is 4.79 Å². The number of hydrogen-bond donors (Lipinski definition) is 1. The van der Waals surface area contributed by atoms with E-state index < -0.39 is 0 Å². The minimum atomic E-state index is -0.151. The van der Waals surface area contributed by atoms with Crippen LogP contribution in [-0.4, -0.2) is 54.6 Å². The molecule has 1 heterocycles. The predicted molar refractivity (Wildman–Crippen MR) is 69.6 cm³/mol. The Morgan fingerprint density at radius 1 is 1.44 bits per heavy atom. The zero-order valence-corrected chi connectivity index (χ0v) is 11.1. The van der Waals surface area contributed by atoms with Crippen LogP contribution in [0.1, 0.15) is 23.8 Å². The van der Waals surface area contributed by atoms with Gasteiger partial charge in [0.05, 0.1) is 19.0 Å². The van der Waals surface area contributed by atoms with Crippen molar-refractivity contribution in [3.05, 3.63) is 18.1 Å². The minimum absolute atomic E-state index is 0.151. The lowest BCUT2D eigenvalue weighted by Gasteiger charge is -2.15. The lowest BCUT2D eigenvalue weighted by molar-refractivity contribution is 0.0738. The first-order valence-electron chi connectivity index (χ1n) is 5.99. The lowest BCUT2D eigenvalue weighted by atomic mass is 10.4. The highest BCUT2D eigenvalue weighted by atomic mass is 16.5. The van der Waals surface area contributed by atoms with Gasteiger partial charge in [-0.05, 0) is 6.42 Å². The third-order valence-electron chi connectivity index (χ3n) is 2.40. The molecular formula is C12H20N4O2. The van der Waals surface area contributed by atoms with E-state index in [2.05, 4.69) is 22.2 Å². The Hall–Kier alpha value is -1.69. The van der Waals surface area contributed by atoms with Crippen molar-refractivity contribution < 1.29 is 9.53 Å². The topological polar surface area (TPSA) is 67.4 Å². The van der Waals surface area contributed by atoms with E-state index in [1.54, 1.807) is 25.3 Å². The number of likely N-dealkylation sites (N-methyl/N-ethyl adjacent to an activating group) is 1. The average Bonchev–Trinajstić information content (AvgIpc) is 2.42. The number of carbonyl (C=O) groups is 1. The smallest absolute Gasteiger partial charge is 0.273 e. The van der Waals surface area contributed by atoms with E-state index in [1.165, 1.54) is 6.20 Å². The number of hydrogen-bond acceptors (Lipinski definition) is 5. The van der Waals surface area contributed by atoms with Gasteiger partial charge in [0.2, 0.25) is 0 Å². The highest BCUT2D eigenvalue weighted by molar-refractivity contribution is 5.91. The molecule has 18 heavy (non-hydrogen) atoms. The number of anilines is 1. The van der Waals surface area contributed by atoms with Crippen LogP contribution in [0.2, 0.25) is 0 Å². The normalized spacial score (nSPS) is 10.2. The molecule has 0 atom stereocenters. The molecule has 0 aliphatic heterocycles. The van der Waals surface area contributed by atoms with E-state index in [1.807, 2.05) is 0 Å². The van der Waals surface area contributed by atoms with Crippen molar-refractivity contribution in [1.29, 1.82) is 0 Å². The molecule has 100 valence electrons. The molecule has 0 saturated heterocycles. The highest BCUT2D eigenvalue weighted by Gasteiger charge is 2.13. The molecule has 0 bridgehead atoms. The molecule has 0 aliphatic rings. The van der Waals surface area contributed by atoms with E-state index >= 15 is 0 Å². The van der Waals surface area contributed by atoms with Crippen molar-refractivity contribution in [2.75, 3.05) is 39.2 Å². The van der Waals surface area contributed by atoms with Crippen molar-refractivity contribution in [2.45, 2.75) is 13.3 Å². The van der Waals surface area contributed by atoms with E-state index in [-0.39, 0.29) is 5.91 Å². The van der Waals surface area contributed by atoms with Gasteiger partial charge in [-0.25, -0.2) is 9.97 Å². The number of carbonyl (C=O) groups excluding carboxylic acids is 1. The van der Waals surface area contributed by atoms with E-state index in [0.29, 0.717) is 24.7 Å². The van der Waals surface area contributed by atoms with Crippen LogP contribution in [0.3, 0.4) is 0 Å². The van der Waals surface area contributed by atoms with Crippen LogP contribution < -0.4 is 5.32 Å². The van der Waals surface area contributed by atoms with Gasteiger partial charge in [-0.2, -0.15) is 0 Å². The molecule has 0 unspecified atom stereocenters. The maximum Gasteiger partial charge on any atom is 0.273 e. The van der Waals surface area contributed by atoms with Gasteiger partial charge in [-0.1, -0.05) is 6.92 Å². The molecule has 0 radical (unpaired) electrons. The fraction of sp³-hybridized carbons (Fsp3) is 0.583. The second kappa shape index (κ2) is 7.60. The number of nitrogens with zero attached hydrogens (tertiary/aromatic N) is 3. The summed E-state index contributed by atoms with van der Waals surface area (Å²) >= 11 is 0. The van der Waals surface area contributed by atoms with Crippen molar-refractivity contribution >= 4 is 11.7 Å². The number of methoxy groups -OCH3 is 1. The summed E-state index contributed by atoms with van der Waals surface area (Å²) < 4.78 is 4.92. The number of amides is 1. The molecule has 0 fully saturated rings. The fourth-order valence-electron chi connectivity index (χ4n) is 1.31. The second-order valence-electron chi connectivity index (χ2n) is 3.93. The summed E-state index contributed by atoms with van der Waals surface area (Å²) in [6.07, 6.45) is 4.08. The summed E-state index contributed by atoms with van der Waals surface area (Å²) in [7, 11) is 3.32. The van der Waals surface area contributed by atoms with Gasteiger partial charge < -0.3 is 15.0 Å². The number of nitrogens with one attached hydrogen (secondary N) is 1. The number of ether oxygens (including phenoxy) is 1. The van der Waals surface area contributed by atoms with Crippen LogP contribution in [0.15, 0.2) is 12.4 Å². The summed E-state index contributed by atoms with van der Waals surface area (Å²) in [6, 6.07) is 0. The molecular weight excluding hydrogens is 232 g/mol. The van der Waals surface area contributed by atoms with Crippen LogP contribution in [0.5, 0.6) is 0 Å². The highest BCUT2D eigenvalue weighted by Crippen LogP contribution is 2.03. The van der Waals surface area contributed by atoms with Crippen LogP contribution in [-0.2, 0) is 4.74 Å².